The van der Waals surface area contributed by atoms with Crippen LogP contribution in [0.3, 0.4) is 0 Å². The van der Waals surface area contributed by atoms with Gasteiger partial charge in [-0.25, -0.2) is 15.0 Å². The standard InChI is InChI=1S/C17H16ClN7O/c1-10-6-7-20-13(8-10)23-15-14(19)16(22-9-21-15)24-25-17(26)11-2-4-12(18)5-3-11/h2-9H,19H2,1H3,(H,25,26)(H2,20,21,22,23,24). The molecule has 3 rings (SSSR count). The number of benzene rings is 1. The average molecular weight is 370 g/mol. The zero-order valence-electron chi connectivity index (χ0n) is 13.8. The number of pyridine rings is 1. The Kier molecular flexibility index (Phi) is 5.14. The number of nitrogen functional groups attached to an aromatic ring is 1. The summed E-state index contributed by atoms with van der Waals surface area (Å²) in [5.41, 5.74) is 13.0. The zero-order chi connectivity index (χ0) is 18.5. The lowest BCUT2D eigenvalue weighted by Gasteiger charge is -2.13. The van der Waals surface area contributed by atoms with Gasteiger partial charge in [0.1, 0.15) is 17.8 Å². The largest absolute Gasteiger partial charge is 0.393 e. The smallest absolute Gasteiger partial charge is 0.269 e. The van der Waals surface area contributed by atoms with E-state index >= 15 is 0 Å². The van der Waals surface area contributed by atoms with E-state index in [4.69, 9.17) is 17.3 Å². The fourth-order valence-corrected chi connectivity index (χ4v) is 2.24. The molecular formula is C17H16ClN7O. The van der Waals surface area contributed by atoms with Crippen molar-refractivity contribution in [3.05, 3.63) is 65.1 Å². The van der Waals surface area contributed by atoms with Crippen molar-refractivity contribution >= 4 is 40.6 Å². The van der Waals surface area contributed by atoms with Crippen molar-refractivity contribution in [3.8, 4) is 0 Å². The number of hydrogen-bond donors (Lipinski definition) is 4. The molecule has 2 heterocycles. The Hall–Kier alpha value is -3.39. The molecule has 0 spiro atoms. The molecule has 0 aliphatic heterocycles. The third-order valence-electron chi connectivity index (χ3n) is 3.45. The van der Waals surface area contributed by atoms with Crippen LogP contribution in [0, 0.1) is 6.92 Å². The van der Waals surface area contributed by atoms with Crippen LogP contribution in [0.4, 0.5) is 23.1 Å². The van der Waals surface area contributed by atoms with Gasteiger partial charge in [0.25, 0.3) is 5.91 Å². The summed E-state index contributed by atoms with van der Waals surface area (Å²) >= 11 is 5.81. The SMILES string of the molecule is Cc1ccnc(Nc2ncnc(NNC(=O)c3ccc(Cl)cc3)c2N)c1. The zero-order valence-corrected chi connectivity index (χ0v) is 14.6. The number of carbonyl (C=O) groups is 1. The summed E-state index contributed by atoms with van der Waals surface area (Å²) in [7, 11) is 0. The summed E-state index contributed by atoms with van der Waals surface area (Å²) in [6.07, 6.45) is 3.01. The minimum absolute atomic E-state index is 0.243. The van der Waals surface area contributed by atoms with E-state index in [-0.39, 0.29) is 17.4 Å². The normalized spacial score (nSPS) is 10.2. The molecule has 1 amide bonds. The van der Waals surface area contributed by atoms with E-state index in [0.29, 0.717) is 22.2 Å². The number of hydrazine groups is 1. The van der Waals surface area contributed by atoms with Crippen molar-refractivity contribution in [2.75, 3.05) is 16.5 Å². The van der Waals surface area contributed by atoms with E-state index in [1.165, 1.54) is 6.33 Å². The van der Waals surface area contributed by atoms with Crippen LogP contribution in [0.1, 0.15) is 15.9 Å². The first kappa shape index (κ1) is 17.4. The Labute approximate surface area is 154 Å². The minimum Gasteiger partial charge on any atom is -0.393 e. The Balaban J connectivity index is 1.70. The number of nitrogens with one attached hydrogen (secondary N) is 3. The van der Waals surface area contributed by atoms with Crippen LogP contribution in [0.5, 0.6) is 0 Å². The fourth-order valence-electron chi connectivity index (χ4n) is 2.11. The maximum Gasteiger partial charge on any atom is 0.269 e. The van der Waals surface area contributed by atoms with E-state index < -0.39 is 0 Å². The summed E-state index contributed by atoms with van der Waals surface area (Å²) in [6, 6.07) is 10.2. The predicted octanol–water partition coefficient (Wildman–Crippen LogP) is 2.92. The molecular weight excluding hydrogens is 354 g/mol. The molecule has 0 radical (unpaired) electrons. The molecule has 5 N–H and O–H groups in total. The molecule has 9 heteroatoms. The number of rotatable bonds is 5. The molecule has 0 aliphatic rings. The molecule has 0 bridgehead atoms. The van der Waals surface area contributed by atoms with Gasteiger partial charge in [0.2, 0.25) is 0 Å². The van der Waals surface area contributed by atoms with Gasteiger partial charge in [-0.15, -0.1) is 0 Å². The van der Waals surface area contributed by atoms with Gasteiger partial charge in [-0.2, -0.15) is 0 Å². The first-order valence-corrected chi connectivity index (χ1v) is 8.03. The quantitative estimate of drug-likeness (QED) is 0.510. The van der Waals surface area contributed by atoms with Gasteiger partial charge in [-0.05, 0) is 48.9 Å². The van der Waals surface area contributed by atoms with Gasteiger partial charge in [-0.3, -0.25) is 15.6 Å². The lowest BCUT2D eigenvalue weighted by Crippen LogP contribution is -2.30. The van der Waals surface area contributed by atoms with Gasteiger partial charge >= 0.3 is 0 Å². The number of aromatic nitrogens is 3. The van der Waals surface area contributed by atoms with Crippen LogP contribution in [0.15, 0.2) is 48.9 Å². The number of amides is 1. The highest BCUT2D eigenvalue weighted by molar-refractivity contribution is 6.30. The lowest BCUT2D eigenvalue weighted by atomic mass is 10.2. The van der Waals surface area contributed by atoms with Gasteiger partial charge in [0.15, 0.2) is 11.6 Å². The topological polar surface area (TPSA) is 118 Å². The molecule has 0 saturated heterocycles. The summed E-state index contributed by atoms with van der Waals surface area (Å²) < 4.78 is 0. The summed E-state index contributed by atoms with van der Waals surface area (Å²) in [6.45, 7) is 1.95. The first-order valence-electron chi connectivity index (χ1n) is 7.65. The van der Waals surface area contributed by atoms with Crippen molar-refractivity contribution in [2.45, 2.75) is 6.92 Å². The molecule has 0 unspecified atom stereocenters. The minimum atomic E-state index is -0.352. The van der Waals surface area contributed by atoms with Gasteiger partial charge in [0.05, 0.1) is 0 Å². The Morgan fingerprint density at radius 2 is 1.81 bits per heavy atom. The average Bonchev–Trinajstić information content (AvgIpc) is 2.63. The van der Waals surface area contributed by atoms with Crippen molar-refractivity contribution in [2.24, 2.45) is 0 Å². The number of hydrogen-bond acceptors (Lipinski definition) is 7. The maximum absolute atomic E-state index is 12.1. The number of aryl methyl sites for hydroxylation is 1. The first-order chi connectivity index (χ1) is 12.5. The van der Waals surface area contributed by atoms with Gasteiger partial charge < -0.3 is 11.1 Å². The highest BCUT2D eigenvalue weighted by atomic mass is 35.5. The van der Waals surface area contributed by atoms with Crippen LogP contribution in [-0.2, 0) is 0 Å². The molecule has 2 aromatic heterocycles. The van der Waals surface area contributed by atoms with Crippen molar-refractivity contribution in [3.63, 3.8) is 0 Å². The van der Waals surface area contributed by atoms with E-state index in [1.54, 1.807) is 30.5 Å². The molecule has 1 aromatic carbocycles. The summed E-state index contributed by atoms with van der Waals surface area (Å²) in [4.78, 5) is 24.5. The van der Waals surface area contributed by atoms with Crippen molar-refractivity contribution in [1.82, 2.24) is 20.4 Å². The van der Waals surface area contributed by atoms with E-state index in [1.807, 2.05) is 19.1 Å². The second kappa shape index (κ2) is 7.66. The second-order valence-electron chi connectivity index (χ2n) is 5.41. The second-order valence-corrected chi connectivity index (χ2v) is 5.85. The molecule has 3 aromatic rings. The predicted molar refractivity (Wildman–Crippen MR) is 101 cm³/mol. The number of nitrogens with zero attached hydrogens (tertiary/aromatic N) is 3. The number of halogens is 1. The molecule has 0 aliphatic carbocycles. The molecule has 132 valence electrons. The molecule has 8 nitrogen and oxygen atoms in total. The summed E-state index contributed by atoms with van der Waals surface area (Å²) in [5.74, 6) is 0.889. The van der Waals surface area contributed by atoms with Crippen molar-refractivity contribution < 1.29 is 4.79 Å². The van der Waals surface area contributed by atoms with Crippen LogP contribution in [0.25, 0.3) is 0 Å². The highest BCUT2D eigenvalue weighted by Crippen LogP contribution is 2.24. The molecule has 0 fully saturated rings. The van der Waals surface area contributed by atoms with Crippen LogP contribution < -0.4 is 21.9 Å². The summed E-state index contributed by atoms with van der Waals surface area (Å²) in [5, 5.41) is 3.58. The molecule has 26 heavy (non-hydrogen) atoms. The third-order valence-corrected chi connectivity index (χ3v) is 3.70. The number of carbonyl (C=O) groups excluding carboxylic acids is 1. The lowest BCUT2D eigenvalue weighted by molar-refractivity contribution is 0.0962. The molecule has 0 saturated carbocycles. The van der Waals surface area contributed by atoms with Crippen molar-refractivity contribution in [1.29, 1.82) is 0 Å². The Bertz CT molecular complexity index is 931. The number of nitrogens with two attached hydrogens (primary N) is 1. The monoisotopic (exact) mass is 369 g/mol. The highest BCUT2D eigenvalue weighted by Gasteiger charge is 2.11. The van der Waals surface area contributed by atoms with Crippen LogP contribution >= 0.6 is 11.6 Å². The Morgan fingerprint density at radius 3 is 2.54 bits per heavy atom. The van der Waals surface area contributed by atoms with Crippen LogP contribution in [0.2, 0.25) is 5.02 Å². The third kappa shape index (κ3) is 4.17. The van der Waals surface area contributed by atoms with E-state index in [0.717, 1.165) is 5.56 Å². The molecule has 0 atom stereocenters. The van der Waals surface area contributed by atoms with E-state index in [2.05, 4.69) is 31.1 Å². The van der Waals surface area contributed by atoms with E-state index in [9.17, 15) is 4.79 Å². The number of anilines is 4. The maximum atomic E-state index is 12.1. The van der Waals surface area contributed by atoms with Crippen LogP contribution in [-0.4, -0.2) is 20.9 Å². The Morgan fingerprint density at radius 1 is 1.08 bits per heavy atom. The fraction of sp³-hybridized carbons (Fsp3) is 0.0588. The van der Waals surface area contributed by atoms with Gasteiger partial charge in [-0.1, -0.05) is 11.6 Å². The van der Waals surface area contributed by atoms with Gasteiger partial charge in [0, 0.05) is 16.8 Å².